The lowest BCUT2D eigenvalue weighted by Gasteiger charge is -2.58. The lowest BCUT2D eigenvalue weighted by Crippen LogP contribution is -2.56. The summed E-state index contributed by atoms with van der Waals surface area (Å²) in [6, 6.07) is 0. The van der Waals surface area contributed by atoms with Crippen LogP contribution in [0.15, 0.2) is 23.8 Å². The molecule has 0 aromatic carbocycles. The Kier molecular flexibility index (Phi) is 5.47. The minimum atomic E-state index is -0.949. The van der Waals surface area contributed by atoms with Gasteiger partial charge in [-0.1, -0.05) is 24.6 Å². The van der Waals surface area contributed by atoms with E-state index in [9.17, 15) is 19.8 Å². The molecule has 2 aliphatic carbocycles. The number of hydrogen-bond donors (Lipinski definition) is 3. The molecule has 0 bridgehead atoms. The molecule has 2 saturated carbocycles. The fourth-order valence-corrected chi connectivity index (χ4v) is 5.51. The van der Waals surface area contributed by atoms with Crippen LogP contribution in [-0.4, -0.2) is 33.4 Å². The second kappa shape index (κ2) is 6.94. The summed E-state index contributed by atoms with van der Waals surface area (Å²) >= 11 is 0. The molecule has 0 aromatic rings. The molecule has 0 heterocycles. The molecule has 2 rings (SSSR count). The summed E-state index contributed by atoms with van der Waals surface area (Å²) in [6.45, 7) is 9.88. The average molecular weight is 350 g/mol. The molecule has 0 aliphatic heterocycles. The Hall–Kier alpha value is -1.62. The van der Waals surface area contributed by atoms with Crippen LogP contribution in [0.1, 0.15) is 59.3 Å². The van der Waals surface area contributed by atoms with Gasteiger partial charge in [-0.3, -0.25) is 4.79 Å². The average Bonchev–Trinajstić information content (AvgIpc) is 2.44. The van der Waals surface area contributed by atoms with Crippen molar-refractivity contribution in [2.24, 2.45) is 22.7 Å². The molecular formula is C20H30O5. The second-order valence-corrected chi connectivity index (χ2v) is 8.46. The van der Waals surface area contributed by atoms with E-state index in [-0.39, 0.29) is 17.3 Å². The van der Waals surface area contributed by atoms with Gasteiger partial charge in [0.2, 0.25) is 0 Å². The van der Waals surface area contributed by atoms with E-state index in [2.05, 4.69) is 13.5 Å². The van der Waals surface area contributed by atoms with Crippen LogP contribution in [0.4, 0.5) is 0 Å². The van der Waals surface area contributed by atoms with Crippen molar-refractivity contribution in [3.8, 4) is 0 Å². The predicted octanol–water partition coefficient (Wildman–Crippen LogP) is 3.63. The maximum atomic E-state index is 12.0. The van der Waals surface area contributed by atoms with Gasteiger partial charge in [-0.15, -0.1) is 0 Å². The van der Waals surface area contributed by atoms with E-state index in [1.807, 2.05) is 0 Å². The van der Waals surface area contributed by atoms with Crippen molar-refractivity contribution >= 4 is 11.9 Å². The minimum Gasteiger partial charge on any atom is -0.481 e. The first kappa shape index (κ1) is 19.7. The van der Waals surface area contributed by atoms with Crippen LogP contribution in [-0.2, 0) is 9.59 Å². The van der Waals surface area contributed by atoms with Crippen molar-refractivity contribution in [2.45, 2.75) is 65.4 Å². The van der Waals surface area contributed by atoms with Crippen LogP contribution in [0.2, 0.25) is 0 Å². The molecule has 3 N–H and O–H groups in total. The summed E-state index contributed by atoms with van der Waals surface area (Å²) in [5.74, 6) is -1.71. The van der Waals surface area contributed by atoms with Gasteiger partial charge in [-0.25, -0.2) is 4.79 Å². The number of aliphatic hydroxyl groups excluding tert-OH is 1. The highest BCUT2D eigenvalue weighted by atomic mass is 16.4. The molecule has 140 valence electrons. The largest absolute Gasteiger partial charge is 0.481 e. The molecule has 0 radical (unpaired) electrons. The third-order valence-corrected chi connectivity index (χ3v) is 6.63. The third-order valence-electron chi connectivity index (χ3n) is 6.63. The molecule has 5 atom stereocenters. The van der Waals surface area contributed by atoms with Gasteiger partial charge in [0.25, 0.3) is 0 Å². The Balaban J connectivity index is 2.31. The summed E-state index contributed by atoms with van der Waals surface area (Å²) < 4.78 is 0. The Morgan fingerprint density at radius 2 is 1.92 bits per heavy atom. The number of allylic oxidation sites excluding steroid dienone is 2. The summed E-state index contributed by atoms with van der Waals surface area (Å²) in [6.07, 6.45) is 4.42. The summed E-state index contributed by atoms with van der Waals surface area (Å²) in [7, 11) is 0. The molecule has 5 heteroatoms. The van der Waals surface area contributed by atoms with Crippen LogP contribution < -0.4 is 0 Å². The number of carboxylic acids is 2. The number of aliphatic carboxylic acids is 2. The Bertz CT molecular complexity index is 607. The molecule has 0 amide bonds. The van der Waals surface area contributed by atoms with Crippen molar-refractivity contribution < 1.29 is 24.9 Å². The Morgan fingerprint density at radius 1 is 1.28 bits per heavy atom. The van der Waals surface area contributed by atoms with E-state index in [4.69, 9.17) is 5.11 Å². The van der Waals surface area contributed by atoms with E-state index in [0.29, 0.717) is 19.3 Å². The molecule has 2 aliphatic rings. The Labute approximate surface area is 149 Å². The summed E-state index contributed by atoms with van der Waals surface area (Å²) in [5.41, 5.74) is 0.633. The van der Waals surface area contributed by atoms with Crippen LogP contribution in [0.25, 0.3) is 0 Å². The molecule has 2 fully saturated rings. The normalized spacial score (nSPS) is 39.0. The van der Waals surface area contributed by atoms with E-state index in [0.717, 1.165) is 30.4 Å². The van der Waals surface area contributed by atoms with Crippen molar-refractivity contribution in [2.75, 3.05) is 0 Å². The van der Waals surface area contributed by atoms with Crippen molar-refractivity contribution in [3.05, 3.63) is 23.8 Å². The van der Waals surface area contributed by atoms with Crippen molar-refractivity contribution in [3.63, 3.8) is 0 Å². The van der Waals surface area contributed by atoms with Gasteiger partial charge in [-0.2, -0.15) is 0 Å². The molecule has 0 aromatic heterocycles. The fourth-order valence-electron chi connectivity index (χ4n) is 5.51. The highest BCUT2D eigenvalue weighted by molar-refractivity contribution is 5.80. The molecular weight excluding hydrogens is 320 g/mol. The van der Waals surface area contributed by atoms with E-state index >= 15 is 0 Å². The molecule has 5 nitrogen and oxygen atoms in total. The van der Waals surface area contributed by atoms with Gasteiger partial charge in [0, 0.05) is 6.08 Å². The van der Waals surface area contributed by atoms with Crippen LogP contribution in [0.3, 0.4) is 0 Å². The van der Waals surface area contributed by atoms with Crippen molar-refractivity contribution in [1.82, 2.24) is 0 Å². The summed E-state index contributed by atoms with van der Waals surface area (Å²) in [4.78, 5) is 22.8. The molecule has 0 saturated heterocycles. The van der Waals surface area contributed by atoms with Gasteiger partial charge >= 0.3 is 11.9 Å². The van der Waals surface area contributed by atoms with Crippen LogP contribution >= 0.6 is 0 Å². The standard InChI is InChI=1S/C20H30O5/c1-12(9-17(22)23)5-7-15-13(2)6-8-16-19(15,3)10-14(21)11-20(16,4)18(24)25/h9,14-16,21H,2,5-8,10-11H2,1,3-4H3,(H,22,23)(H,24,25)/b12-9+/t14-,15-,16-,19+,20+/m0/s1. The third kappa shape index (κ3) is 3.66. The summed E-state index contributed by atoms with van der Waals surface area (Å²) in [5, 5.41) is 29.1. The molecule has 0 spiro atoms. The lowest BCUT2D eigenvalue weighted by atomic mass is 9.46. The van der Waals surface area contributed by atoms with Crippen LogP contribution in [0, 0.1) is 22.7 Å². The number of rotatable bonds is 5. The van der Waals surface area contributed by atoms with Gasteiger partial charge in [0.05, 0.1) is 11.5 Å². The zero-order chi connectivity index (χ0) is 19.0. The quantitative estimate of drug-likeness (QED) is 0.520. The zero-order valence-electron chi connectivity index (χ0n) is 15.4. The van der Waals surface area contributed by atoms with Gasteiger partial charge < -0.3 is 15.3 Å². The minimum absolute atomic E-state index is 0.0137. The second-order valence-electron chi connectivity index (χ2n) is 8.46. The molecule has 0 unspecified atom stereocenters. The number of carboxylic acid groups (broad SMARTS) is 2. The maximum Gasteiger partial charge on any atom is 0.328 e. The number of hydrogen-bond acceptors (Lipinski definition) is 3. The highest BCUT2D eigenvalue weighted by Gasteiger charge is 2.59. The predicted molar refractivity (Wildman–Crippen MR) is 95.1 cm³/mol. The topological polar surface area (TPSA) is 94.8 Å². The number of carbonyl (C=O) groups is 2. The van der Waals surface area contributed by atoms with E-state index < -0.39 is 23.5 Å². The highest BCUT2D eigenvalue weighted by Crippen LogP contribution is 2.62. The molecule has 25 heavy (non-hydrogen) atoms. The van der Waals surface area contributed by atoms with E-state index in [1.54, 1.807) is 13.8 Å². The van der Waals surface area contributed by atoms with Crippen LogP contribution in [0.5, 0.6) is 0 Å². The number of fused-ring (bicyclic) bond motifs is 1. The first-order chi connectivity index (χ1) is 11.5. The maximum absolute atomic E-state index is 12.0. The number of aliphatic hydroxyl groups is 1. The zero-order valence-corrected chi connectivity index (χ0v) is 15.4. The first-order valence-corrected chi connectivity index (χ1v) is 9.00. The fraction of sp³-hybridized carbons (Fsp3) is 0.700. The SMILES string of the molecule is C=C1CC[C@H]2[C@](C)(C[C@H](O)C[C@@]2(C)C(=O)O)[C@H]1CC/C(C)=C/C(=O)O. The van der Waals surface area contributed by atoms with Crippen molar-refractivity contribution in [1.29, 1.82) is 0 Å². The Morgan fingerprint density at radius 3 is 2.48 bits per heavy atom. The van der Waals surface area contributed by atoms with Gasteiger partial charge in [0.15, 0.2) is 0 Å². The van der Waals surface area contributed by atoms with Gasteiger partial charge in [-0.05, 0) is 69.6 Å². The first-order valence-electron chi connectivity index (χ1n) is 9.00. The monoisotopic (exact) mass is 350 g/mol. The lowest BCUT2D eigenvalue weighted by molar-refractivity contribution is -0.173. The smallest absolute Gasteiger partial charge is 0.328 e. The van der Waals surface area contributed by atoms with E-state index in [1.165, 1.54) is 6.08 Å². The van der Waals surface area contributed by atoms with Gasteiger partial charge in [0.1, 0.15) is 0 Å².